The number of Topliss-reactive ketones (excluding diaryl/α,β-unsaturated/α-hetero) is 1. The van der Waals surface area contributed by atoms with Crippen molar-refractivity contribution in [2.75, 3.05) is 7.11 Å². The maximum Gasteiger partial charge on any atom is 0.137 e. The number of rotatable bonds is 7. The van der Waals surface area contributed by atoms with Crippen LogP contribution in [0.4, 0.5) is 0 Å². The van der Waals surface area contributed by atoms with E-state index in [1.54, 1.807) is 7.11 Å². The summed E-state index contributed by atoms with van der Waals surface area (Å²) in [6, 6.07) is 0. The minimum atomic E-state index is 0.179. The van der Waals surface area contributed by atoms with Crippen LogP contribution in [-0.2, 0) is 9.53 Å². The Morgan fingerprint density at radius 2 is 2.15 bits per heavy atom. The molecule has 1 unspecified atom stereocenters. The highest BCUT2D eigenvalue weighted by atomic mass is 16.5. The number of ether oxygens (including phenoxy) is 1. The van der Waals surface area contributed by atoms with Crippen LogP contribution < -0.4 is 0 Å². The van der Waals surface area contributed by atoms with Gasteiger partial charge < -0.3 is 4.74 Å². The summed E-state index contributed by atoms with van der Waals surface area (Å²) in [7, 11) is 1.67. The molecule has 0 heterocycles. The quantitative estimate of drug-likeness (QED) is 0.569. The van der Waals surface area contributed by atoms with Crippen molar-refractivity contribution in [3.63, 3.8) is 0 Å². The lowest BCUT2D eigenvalue weighted by Crippen LogP contribution is -2.08. The summed E-state index contributed by atoms with van der Waals surface area (Å²) in [5.41, 5.74) is 1.02. The van der Waals surface area contributed by atoms with Gasteiger partial charge in [0.15, 0.2) is 0 Å². The molecule has 0 bridgehead atoms. The van der Waals surface area contributed by atoms with Crippen LogP contribution in [0.3, 0.4) is 0 Å². The van der Waals surface area contributed by atoms with E-state index in [-0.39, 0.29) is 11.9 Å². The van der Waals surface area contributed by atoms with Crippen LogP contribution in [0.25, 0.3) is 0 Å². The Kier molecular flexibility index (Phi) is 6.51. The molecule has 0 amide bonds. The smallest absolute Gasteiger partial charge is 0.137 e. The van der Waals surface area contributed by atoms with Crippen molar-refractivity contribution in [3.8, 4) is 0 Å². The minimum Gasteiger partial charge on any atom is -0.382 e. The number of carbonyl (C=O) groups excluding carboxylic acids is 1. The van der Waals surface area contributed by atoms with Crippen LogP contribution in [0.2, 0.25) is 0 Å². The van der Waals surface area contributed by atoms with E-state index in [1.807, 2.05) is 13.8 Å². The normalized spacial score (nSPS) is 12.5. The average molecular weight is 184 g/mol. The van der Waals surface area contributed by atoms with Crippen molar-refractivity contribution in [1.82, 2.24) is 0 Å². The molecule has 2 nitrogen and oxygen atoms in total. The van der Waals surface area contributed by atoms with Gasteiger partial charge in [0.1, 0.15) is 5.78 Å². The summed E-state index contributed by atoms with van der Waals surface area (Å²) < 4.78 is 5.06. The third-order valence-electron chi connectivity index (χ3n) is 2.18. The topological polar surface area (TPSA) is 26.3 Å². The predicted octanol–water partition coefficient (Wildman–Crippen LogP) is 2.73. The lowest BCUT2D eigenvalue weighted by molar-refractivity contribution is -0.119. The van der Waals surface area contributed by atoms with Crippen LogP contribution in [0.15, 0.2) is 12.2 Å². The van der Waals surface area contributed by atoms with E-state index in [0.29, 0.717) is 12.8 Å². The Morgan fingerprint density at radius 3 is 2.62 bits per heavy atom. The molecule has 1 atom stereocenters. The Balaban J connectivity index is 3.57. The molecule has 0 fully saturated rings. The first-order valence-electron chi connectivity index (χ1n) is 4.81. The van der Waals surface area contributed by atoms with Gasteiger partial charge in [-0.3, -0.25) is 4.79 Å². The summed E-state index contributed by atoms with van der Waals surface area (Å²) in [6.45, 7) is 7.80. The Bertz CT molecular complexity index is 173. The van der Waals surface area contributed by atoms with Gasteiger partial charge in [-0.25, -0.2) is 0 Å². The van der Waals surface area contributed by atoms with E-state index in [1.165, 1.54) is 0 Å². The first-order chi connectivity index (χ1) is 6.10. The fourth-order valence-corrected chi connectivity index (χ4v) is 0.974. The highest BCUT2D eigenvalue weighted by Gasteiger charge is 2.06. The molecule has 0 spiro atoms. The molecule has 0 aromatic carbocycles. The number of carbonyl (C=O) groups is 1. The summed E-state index contributed by atoms with van der Waals surface area (Å²) in [4.78, 5) is 11.3. The van der Waals surface area contributed by atoms with E-state index in [9.17, 15) is 4.79 Å². The zero-order valence-corrected chi connectivity index (χ0v) is 8.93. The molecule has 2 heteroatoms. The Labute approximate surface area is 81.0 Å². The molecule has 0 aromatic heterocycles. The van der Waals surface area contributed by atoms with Crippen LogP contribution in [0, 0.1) is 0 Å². The summed E-state index contributed by atoms with van der Waals surface area (Å²) in [6.07, 6.45) is 3.03. The van der Waals surface area contributed by atoms with Crippen LogP contribution in [-0.4, -0.2) is 19.0 Å². The van der Waals surface area contributed by atoms with Crippen LogP contribution in [0.5, 0.6) is 0 Å². The molecule has 0 radical (unpaired) electrons. The van der Waals surface area contributed by atoms with Gasteiger partial charge in [-0.1, -0.05) is 19.1 Å². The second kappa shape index (κ2) is 6.84. The van der Waals surface area contributed by atoms with Crippen molar-refractivity contribution in [2.45, 2.75) is 45.6 Å². The van der Waals surface area contributed by atoms with Gasteiger partial charge in [0, 0.05) is 20.0 Å². The van der Waals surface area contributed by atoms with E-state index < -0.39 is 0 Å². The standard InChI is InChI=1S/C11H20O2/c1-5-9(2)8-11(12)7-6-10(3)13-4/h10H,2,5-8H2,1,3-4H3. The van der Waals surface area contributed by atoms with Gasteiger partial charge in [0.25, 0.3) is 0 Å². The van der Waals surface area contributed by atoms with Crippen molar-refractivity contribution >= 4 is 5.78 Å². The van der Waals surface area contributed by atoms with E-state index >= 15 is 0 Å². The number of methoxy groups -OCH3 is 1. The minimum absolute atomic E-state index is 0.179. The third kappa shape index (κ3) is 6.52. The number of hydrogen-bond acceptors (Lipinski definition) is 2. The maximum absolute atomic E-state index is 11.3. The van der Waals surface area contributed by atoms with Crippen LogP contribution in [0.1, 0.15) is 39.5 Å². The zero-order chi connectivity index (χ0) is 10.3. The van der Waals surface area contributed by atoms with Gasteiger partial charge in [0.2, 0.25) is 0 Å². The molecule has 0 aliphatic heterocycles. The first-order valence-corrected chi connectivity index (χ1v) is 4.81. The van der Waals surface area contributed by atoms with Crippen molar-refractivity contribution in [2.24, 2.45) is 0 Å². The van der Waals surface area contributed by atoms with E-state index in [0.717, 1.165) is 18.4 Å². The first kappa shape index (κ1) is 12.4. The van der Waals surface area contributed by atoms with Crippen molar-refractivity contribution in [1.29, 1.82) is 0 Å². The summed E-state index contributed by atoms with van der Waals surface area (Å²) >= 11 is 0. The SMILES string of the molecule is C=C(CC)CC(=O)CCC(C)OC. The van der Waals surface area contributed by atoms with Gasteiger partial charge in [-0.2, -0.15) is 0 Å². The number of hydrogen-bond donors (Lipinski definition) is 0. The lowest BCUT2D eigenvalue weighted by Gasteiger charge is -2.08. The molecule has 0 aliphatic rings. The predicted molar refractivity (Wildman–Crippen MR) is 54.8 cm³/mol. The lowest BCUT2D eigenvalue weighted by atomic mass is 10.0. The second-order valence-electron chi connectivity index (χ2n) is 3.40. The Morgan fingerprint density at radius 1 is 1.54 bits per heavy atom. The fraction of sp³-hybridized carbons (Fsp3) is 0.727. The molecule has 0 saturated heterocycles. The molecule has 0 saturated carbocycles. The third-order valence-corrected chi connectivity index (χ3v) is 2.18. The molecule has 13 heavy (non-hydrogen) atoms. The molecule has 76 valence electrons. The molecule has 0 aromatic rings. The zero-order valence-electron chi connectivity index (χ0n) is 8.93. The molecular formula is C11H20O2. The molecule has 0 aliphatic carbocycles. The molecule has 0 N–H and O–H groups in total. The van der Waals surface area contributed by atoms with Gasteiger partial charge in [-0.15, -0.1) is 0 Å². The monoisotopic (exact) mass is 184 g/mol. The van der Waals surface area contributed by atoms with Gasteiger partial charge >= 0.3 is 0 Å². The highest BCUT2D eigenvalue weighted by molar-refractivity contribution is 5.80. The fourth-order valence-electron chi connectivity index (χ4n) is 0.974. The summed E-state index contributed by atoms with van der Waals surface area (Å²) in [5, 5.41) is 0. The number of allylic oxidation sites excluding steroid dienone is 1. The van der Waals surface area contributed by atoms with Crippen molar-refractivity contribution < 1.29 is 9.53 Å². The van der Waals surface area contributed by atoms with E-state index in [4.69, 9.17) is 4.74 Å². The maximum atomic E-state index is 11.3. The second-order valence-corrected chi connectivity index (χ2v) is 3.40. The molecule has 0 rings (SSSR count). The molecular weight excluding hydrogens is 164 g/mol. The van der Waals surface area contributed by atoms with E-state index in [2.05, 4.69) is 6.58 Å². The average Bonchev–Trinajstić information content (AvgIpc) is 2.13. The van der Waals surface area contributed by atoms with Gasteiger partial charge in [0.05, 0.1) is 6.10 Å². The number of ketones is 1. The van der Waals surface area contributed by atoms with Gasteiger partial charge in [-0.05, 0) is 19.8 Å². The highest BCUT2D eigenvalue weighted by Crippen LogP contribution is 2.08. The van der Waals surface area contributed by atoms with Crippen molar-refractivity contribution in [3.05, 3.63) is 12.2 Å². The Hall–Kier alpha value is -0.630. The summed E-state index contributed by atoms with van der Waals surface area (Å²) in [5.74, 6) is 0.274. The largest absolute Gasteiger partial charge is 0.382 e. The van der Waals surface area contributed by atoms with Crippen LogP contribution >= 0.6 is 0 Å².